The summed E-state index contributed by atoms with van der Waals surface area (Å²) >= 11 is 12.5. The summed E-state index contributed by atoms with van der Waals surface area (Å²) in [6.07, 6.45) is 5.90. The number of hydrogen-bond donors (Lipinski definition) is 2. The third kappa shape index (κ3) is 5.79. The molecule has 1 aromatic heterocycles. The lowest BCUT2D eigenvalue weighted by Gasteiger charge is -2.41. The summed E-state index contributed by atoms with van der Waals surface area (Å²) in [4.78, 5) is 43.7. The van der Waals surface area contributed by atoms with Crippen LogP contribution >= 0.6 is 23.2 Å². The van der Waals surface area contributed by atoms with Gasteiger partial charge in [-0.2, -0.15) is 0 Å². The molecule has 2 aromatic carbocycles. The number of halogens is 2. The number of amides is 2. The van der Waals surface area contributed by atoms with Crippen molar-refractivity contribution in [1.29, 1.82) is 0 Å². The van der Waals surface area contributed by atoms with E-state index in [0.29, 0.717) is 34.5 Å². The Hall–Kier alpha value is -3.82. The summed E-state index contributed by atoms with van der Waals surface area (Å²) in [6.45, 7) is 3.82. The Labute approximate surface area is 236 Å². The number of carbonyl (C=O) groups excluding carboxylic acids is 2. The number of rotatable bonds is 9. The zero-order chi connectivity index (χ0) is 28.3. The minimum Gasteiger partial charge on any atom is -0.499 e. The zero-order valence-corrected chi connectivity index (χ0v) is 23.2. The summed E-state index contributed by atoms with van der Waals surface area (Å²) in [5.74, 6) is -1.23. The van der Waals surface area contributed by atoms with E-state index in [2.05, 4.69) is 10.3 Å². The van der Waals surface area contributed by atoms with E-state index >= 15 is 0 Å². The molecule has 1 aliphatic rings. The van der Waals surface area contributed by atoms with Gasteiger partial charge < -0.3 is 24.6 Å². The Morgan fingerprint density at radius 3 is 2.51 bits per heavy atom. The van der Waals surface area contributed by atoms with E-state index in [1.807, 2.05) is 19.9 Å². The summed E-state index contributed by atoms with van der Waals surface area (Å²) in [6, 6.07) is 10.4. The third-order valence-electron chi connectivity index (χ3n) is 6.80. The molecule has 9 nitrogen and oxygen atoms in total. The van der Waals surface area contributed by atoms with E-state index < -0.39 is 17.4 Å². The molecular formula is C28H28Cl2N4O5. The van der Waals surface area contributed by atoms with Gasteiger partial charge in [0.25, 0.3) is 0 Å². The fourth-order valence-corrected chi connectivity index (χ4v) is 5.11. The molecule has 2 heterocycles. The number of benzene rings is 2. The predicted octanol–water partition coefficient (Wildman–Crippen LogP) is 5.66. The second kappa shape index (κ2) is 11.5. The van der Waals surface area contributed by atoms with Crippen molar-refractivity contribution in [2.75, 3.05) is 12.4 Å². The number of allylic oxidation sites excluding steroid dienone is 1. The van der Waals surface area contributed by atoms with E-state index in [1.54, 1.807) is 35.4 Å². The number of methoxy groups -OCH3 is 1. The molecule has 3 aromatic rings. The van der Waals surface area contributed by atoms with Crippen LogP contribution in [0.25, 0.3) is 5.69 Å². The van der Waals surface area contributed by atoms with Gasteiger partial charge in [0.2, 0.25) is 11.8 Å². The topological polar surface area (TPSA) is 114 Å². The van der Waals surface area contributed by atoms with E-state index in [-0.39, 0.29) is 23.8 Å². The lowest BCUT2D eigenvalue weighted by molar-refractivity contribution is -0.138. The number of carbonyl (C=O) groups is 3. The van der Waals surface area contributed by atoms with Gasteiger partial charge in [-0.25, -0.2) is 9.78 Å². The first-order valence-corrected chi connectivity index (χ1v) is 13.0. The Kier molecular flexibility index (Phi) is 8.32. The molecule has 0 aliphatic carbocycles. The Balaban J connectivity index is 1.70. The normalized spacial score (nSPS) is 17.9. The van der Waals surface area contributed by atoms with Crippen molar-refractivity contribution < 1.29 is 24.2 Å². The van der Waals surface area contributed by atoms with Crippen LogP contribution in [0.3, 0.4) is 0 Å². The Bertz CT molecular complexity index is 1440. The van der Waals surface area contributed by atoms with Crippen molar-refractivity contribution in [3.8, 4) is 5.69 Å². The van der Waals surface area contributed by atoms with Gasteiger partial charge >= 0.3 is 5.97 Å². The van der Waals surface area contributed by atoms with Gasteiger partial charge in [0.15, 0.2) is 0 Å². The van der Waals surface area contributed by atoms with Crippen molar-refractivity contribution in [2.24, 2.45) is 0 Å². The SMILES string of the molecule is CCCC(C(=O)Nc1ccc(C(=O)O)cc1)N1C=C(OC)C(C)(c2cc(Cl)ccc2-n2cnc(Cl)c2)CC1=O. The Morgan fingerprint density at radius 1 is 1.21 bits per heavy atom. The molecule has 2 amide bonds. The maximum atomic E-state index is 13.7. The van der Waals surface area contributed by atoms with Crippen LogP contribution < -0.4 is 5.32 Å². The van der Waals surface area contributed by atoms with Gasteiger partial charge in [0.1, 0.15) is 23.3 Å². The molecule has 0 fully saturated rings. The molecule has 4 rings (SSSR count). The summed E-state index contributed by atoms with van der Waals surface area (Å²) < 4.78 is 7.58. The fraction of sp³-hybridized carbons (Fsp3) is 0.286. The van der Waals surface area contributed by atoms with Crippen molar-refractivity contribution in [2.45, 2.75) is 44.6 Å². The molecule has 0 saturated heterocycles. The van der Waals surface area contributed by atoms with Crippen LogP contribution in [-0.2, 0) is 19.7 Å². The average Bonchev–Trinajstić information content (AvgIpc) is 3.34. The zero-order valence-electron chi connectivity index (χ0n) is 21.6. The number of carboxylic acids is 1. The standard InChI is InChI=1S/C28H28Cl2N4O5/c1-4-5-22(26(36)32-19-9-6-17(7-10-19)27(37)38)34-14-23(39-3)28(2,13-25(34)35)20-12-18(29)8-11-21(20)33-15-24(30)31-16-33/h6-12,14-16,22H,4-5,13H2,1-3H3,(H,32,36)(H,37,38). The van der Waals surface area contributed by atoms with Gasteiger partial charge in [-0.1, -0.05) is 36.5 Å². The van der Waals surface area contributed by atoms with Gasteiger partial charge in [-0.3, -0.25) is 9.59 Å². The monoisotopic (exact) mass is 570 g/mol. The van der Waals surface area contributed by atoms with Crippen LogP contribution in [0.1, 0.15) is 49.0 Å². The van der Waals surface area contributed by atoms with E-state index in [9.17, 15) is 14.4 Å². The second-order valence-electron chi connectivity index (χ2n) is 9.45. The number of nitrogens with one attached hydrogen (secondary N) is 1. The largest absolute Gasteiger partial charge is 0.499 e. The van der Waals surface area contributed by atoms with Crippen molar-refractivity contribution in [3.05, 3.63) is 88.3 Å². The molecule has 2 N–H and O–H groups in total. The van der Waals surface area contributed by atoms with Gasteiger partial charge in [-0.15, -0.1) is 0 Å². The number of aromatic carboxylic acids is 1. The molecule has 2 unspecified atom stereocenters. The Morgan fingerprint density at radius 2 is 1.92 bits per heavy atom. The quantitative estimate of drug-likeness (QED) is 0.343. The van der Waals surface area contributed by atoms with E-state index in [0.717, 1.165) is 11.3 Å². The smallest absolute Gasteiger partial charge is 0.335 e. The molecule has 1 aliphatic heterocycles. The number of imidazole rings is 1. The lowest BCUT2D eigenvalue weighted by atomic mass is 9.74. The van der Waals surface area contributed by atoms with Gasteiger partial charge in [-0.05, 0) is 61.4 Å². The highest BCUT2D eigenvalue weighted by molar-refractivity contribution is 6.30. The average molecular weight is 571 g/mol. The first-order chi connectivity index (χ1) is 18.6. The molecule has 0 radical (unpaired) electrons. The maximum absolute atomic E-state index is 13.7. The van der Waals surface area contributed by atoms with Crippen LogP contribution in [0.4, 0.5) is 5.69 Å². The highest BCUT2D eigenvalue weighted by Gasteiger charge is 2.44. The highest BCUT2D eigenvalue weighted by Crippen LogP contribution is 2.43. The van der Waals surface area contributed by atoms with Crippen LogP contribution in [-0.4, -0.2) is 50.5 Å². The fourth-order valence-electron chi connectivity index (χ4n) is 4.79. The summed E-state index contributed by atoms with van der Waals surface area (Å²) in [5.41, 5.74) is 1.10. The summed E-state index contributed by atoms with van der Waals surface area (Å²) in [5, 5.41) is 12.7. The summed E-state index contributed by atoms with van der Waals surface area (Å²) in [7, 11) is 1.52. The van der Waals surface area contributed by atoms with Crippen molar-refractivity contribution in [3.63, 3.8) is 0 Å². The number of anilines is 1. The number of carboxylic acid groups (broad SMARTS) is 1. The highest BCUT2D eigenvalue weighted by atomic mass is 35.5. The molecule has 11 heteroatoms. The van der Waals surface area contributed by atoms with Gasteiger partial charge in [0.05, 0.1) is 23.8 Å². The van der Waals surface area contributed by atoms with E-state index in [1.165, 1.54) is 36.3 Å². The van der Waals surface area contributed by atoms with Crippen LogP contribution in [0.2, 0.25) is 10.2 Å². The van der Waals surface area contributed by atoms with Crippen molar-refractivity contribution in [1.82, 2.24) is 14.5 Å². The minimum atomic E-state index is -1.06. The number of nitrogens with zero attached hydrogens (tertiary/aromatic N) is 3. The van der Waals surface area contributed by atoms with E-state index in [4.69, 9.17) is 33.0 Å². The molecule has 0 saturated carbocycles. The second-order valence-corrected chi connectivity index (χ2v) is 10.3. The molecule has 2 atom stereocenters. The molecule has 0 bridgehead atoms. The van der Waals surface area contributed by atoms with Crippen LogP contribution in [0.15, 0.2) is 66.9 Å². The first kappa shape index (κ1) is 28.2. The number of aromatic nitrogens is 2. The van der Waals surface area contributed by atoms with Gasteiger partial charge in [0, 0.05) is 29.5 Å². The first-order valence-electron chi connectivity index (χ1n) is 12.3. The van der Waals surface area contributed by atoms with Crippen LogP contribution in [0, 0.1) is 0 Å². The molecule has 0 spiro atoms. The molecule has 204 valence electrons. The predicted molar refractivity (Wildman–Crippen MR) is 148 cm³/mol. The number of hydrogen-bond acceptors (Lipinski definition) is 5. The lowest BCUT2D eigenvalue weighted by Crippen LogP contribution is -2.50. The minimum absolute atomic E-state index is 0.0171. The van der Waals surface area contributed by atoms with Crippen molar-refractivity contribution >= 4 is 46.7 Å². The van der Waals surface area contributed by atoms with Crippen LogP contribution in [0.5, 0.6) is 0 Å². The molecular weight excluding hydrogens is 543 g/mol. The third-order valence-corrected chi connectivity index (χ3v) is 7.23. The maximum Gasteiger partial charge on any atom is 0.335 e. The number of ether oxygens (including phenoxy) is 1. The molecule has 39 heavy (non-hydrogen) atoms.